The molecular weight excluding hydrogens is 522 g/mol. The van der Waals surface area contributed by atoms with Gasteiger partial charge in [0, 0.05) is 35.8 Å². The third-order valence-electron chi connectivity index (χ3n) is 8.12. The minimum Gasteiger partial charge on any atom is -0.394 e. The number of amides is 1. The molecule has 4 aliphatic rings. The van der Waals surface area contributed by atoms with Crippen molar-refractivity contribution in [1.82, 2.24) is 30.7 Å². The molecule has 40 heavy (non-hydrogen) atoms. The summed E-state index contributed by atoms with van der Waals surface area (Å²) < 4.78 is 35.2. The van der Waals surface area contributed by atoms with Gasteiger partial charge in [0.15, 0.2) is 0 Å². The predicted molar refractivity (Wildman–Crippen MR) is 140 cm³/mol. The van der Waals surface area contributed by atoms with Crippen LogP contribution in [-0.4, -0.2) is 79.2 Å². The lowest BCUT2D eigenvalue weighted by atomic mass is 9.90. The van der Waals surface area contributed by atoms with Gasteiger partial charge in [-0.1, -0.05) is 29.5 Å². The van der Waals surface area contributed by atoms with Crippen LogP contribution in [0.25, 0.3) is 11.3 Å². The van der Waals surface area contributed by atoms with Crippen molar-refractivity contribution in [3.8, 4) is 11.3 Å². The number of rotatable bonds is 6. The van der Waals surface area contributed by atoms with Gasteiger partial charge >= 0.3 is 0 Å². The Morgan fingerprint density at radius 2 is 2.12 bits per heavy atom. The summed E-state index contributed by atoms with van der Waals surface area (Å²) in [4.78, 5) is 13.4. The van der Waals surface area contributed by atoms with Gasteiger partial charge in [0.05, 0.1) is 24.9 Å². The van der Waals surface area contributed by atoms with Crippen molar-refractivity contribution in [3.63, 3.8) is 0 Å². The summed E-state index contributed by atoms with van der Waals surface area (Å²) in [5.74, 6) is -0.982. The number of fused-ring (bicyclic) bond motifs is 1. The van der Waals surface area contributed by atoms with E-state index in [1.54, 1.807) is 24.4 Å². The summed E-state index contributed by atoms with van der Waals surface area (Å²) in [7, 11) is 0. The Balaban J connectivity index is 1.12. The van der Waals surface area contributed by atoms with E-state index in [1.165, 1.54) is 22.9 Å². The number of aromatic nitrogens is 3. The van der Waals surface area contributed by atoms with Crippen LogP contribution in [0.5, 0.6) is 0 Å². The van der Waals surface area contributed by atoms with Crippen LogP contribution in [0.1, 0.15) is 38.1 Å². The quantitative estimate of drug-likeness (QED) is 0.428. The molecule has 6 rings (SSSR count). The van der Waals surface area contributed by atoms with Crippen molar-refractivity contribution in [2.75, 3.05) is 6.61 Å². The molecule has 3 heterocycles. The number of nitrogens with one attached hydrogen (secondary N) is 2. The van der Waals surface area contributed by atoms with Gasteiger partial charge in [-0.15, -0.1) is 5.10 Å². The number of ether oxygens (including phenoxy) is 1. The van der Waals surface area contributed by atoms with Crippen LogP contribution >= 0.6 is 0 Å². The fraction of sp³-hybridized carbons (Fsp3) is 0.464. The second kappa shape index (κ2) is 11.2. The average molecular weight is 555 g/mol. The highest BCUT2D eigenvalue weighted by Gasteiger charge is 2.42. The zero-order valence-corrected chi connectivity index (χ0v) is 21.7. The zero-order valence-electron chi connectivity index (χ0n) is 21.7. The number of hydrogen-bond acceptors (Lipinski definition) is 8. The fourth-order valence-corrected chi connectivity index (χ4v) is 6.01. The van der Waals surface area contributed by atoms with E-state index in [0.29, 0.717) is 23.3 Å². The highest BCUT2D eigenvalue weighted by Crippen LogP contribution is 2.33. The van der Waals surface area contributed by atoms with Gasteiger partial charge < -0.3 is 25.3 Å². The monoisotopic (exact) mass is 554 g/mol. The molecule has 10 nitrogen and oxygen atoms in total. The minimum absolute atomic E-state index is 0.0850. The number of aliphatic hydroxyl groups excluding tert-OH is 2. The molecule has 4 N–H and O–H groups in total. The highest BCUT2D eigenvalue weighted by atomic mass is 19.1. The molecule has 1 aromatic carbocycles. The number of allylic oxidation sites excluding steroid dienone is 2. The summed E-state index contributed by atoms with van der Waals surface area (Å²) in [5, 5.41) is 34.0. The van der Waals surface area contributed by atoms with Crippen molar-refractivity contribution < 1.29 is 28.5 Å². The lowest BCUT2D eigenvalue weighted by molar-refractivity contribution is -0.171. The van der Waals surface area contributed by atoms with E-state index < -0.39 is 36.8 Å². The molecule has 0 spiro atoms. The predicted octanol–water partition coefficient (Wildman–Crippen LogP) is 2.06. The number of aliphatic hydroxyl groups is 2. The van der Waals surface area contributed by atoms with E-state index in [-0.39, 0.29) is 36.3 Å². The number of carbonyl (C=O) groups excluding carboxylic acids is 1. The number of halogens is 2. The molecule has 7 unspecified atom stereocenters. The van der Waals surface area contributed by atoms with Crippen molar-refractivity contribution >= 4 is 5.91 Å². The Morgan fingerprint density at radius 3 is 2.92 bits per heavy atom. The molecule has 2 aromatic rings. The van der Waals surface area contributed by atoms with Crippen LogP contribution in [0.15, 0.2) is 66.3 Å². The van der Waals surface area contributed by atoms with Gasteiger partial charge in [-0.05, 0) is 43.9 Å². The van der Waals surface area contributed by atoms with E-state index in [4.69, 9.17) is 4.74 Å². The molecule has 2 fully saturated rings. The first-order valence-corrected chi connectivity index (χ1v) is 13.6. The van der Waals surface area contributed by atoms with Crippen LogP contribution in [0.3, 0.4) is 0 Å². The Bertz CT molecular complexity index is 1350. The maximum atomic E-state index is 14.2. The molecule has 0 radical (unpaired) electrons. The first kappa shape index (κ1) is 26.8. The molecule has 7 atom stereocenters. The molecule has 12 heteroatoms. The number of hydrazine groups is 1. The van der Waals surface area contributed by atoms with Crippen LogP contribution in [0, 0.1) is 5.82 Å². The third kappa shape index (κ3) is 5.31. The summed E-state index contributed by atoms with van der Waals surface area (Å²) >= 11 is 0. The Labute approximate surface area is 230 Å². The topological polar surface area (TPSA) is 125 Å². The van der Waals surface area contributed by atoms with E-state index in [0.717, 1.165) is 19.3 Å². The SMILES string of the molecule is O=C(NC1CCCC(N2C=C3C(F)=CC=CC3N2)C1)C1CC(n2cc(-c3cccc(F)c3)nn2)C(O)C(CO)O1. The normalized spacial score (nSPS) is 31.9. The van der Waals surface area contributed by atoms with Gasteiger partial charge in [0.2, 0.25) is 5.91 Å². The second-order valence-electron chi connectivity index (χ2n) is 10.8. The van der Waals surface area contributed by atoms with Gasteiger partial charge in [0.1, 0.15) is 35.6 Å². The smallest absolute Gasteiger partial charge is 0.249 e. The molecule has 2 aliphatic carbocycles. The minimum atomic E-state index is -1.13. The van der Waals surface area contributed by atoms with Crippen molar-refractivity contribution in [3.05, 3.63) is 72.1 Å². The first-order chi connectivity index (χ1) is 19.4. The summed E-state index contributed by atoms with van der Waals surface area (Å²) in [6.45, 7) is -0.478. The second-order valence-corrected chi connectivity index (χ2v) is 10.8. The number of hydrogen-bond donors (Lipinski definition) is 4. The first-order valence-electron chi connectivity index (χ1n) is 13.6. The molecule has 1 aromatic heterocycles. The Kier molecular flexibility index (Phi) is 7.49. The molecular formula is C28H32F2N6O4. The van der Waals surface area contributed by atoms with E-state index in [2.05, 4.69) is 21.1 Å². The number of carbonyl (C=O) groups is 1. The van der Waals surface area contributed by atoms with Gasteiger partial charge in [-0.2, -0.15) is 0 Å². The molecule has 2 aliphatic heterocycles. The lowest BCUT2D eigenvalue weighted by Gasteiger charge is -2.39. The maximum Gasteiger partial charge on any atom is 0.249 e. The standard InChI is InChI=1S/C28H32F2N6O4/c29-17-5-1-4-16(10-17)23-14-36(34-32-23)24-12-25(40-26(15-37)27(24)38)28(39)31-18-6-2-7-19(11-18)35-13-20-21(30)8-3-9-22(20)33-35/h1,3-5,8-10,13-14,18-19,22,24-27,33,37-38H,2,6-7,11-12,15H2,(H,31,39). The highest BCUT2D eigenvalue weighted by molar-refractivity contribution is 5.81. The maximum absolute atomic E-state index is 14.2. The lowest BCUT2D eigenvalue weighted by Crippen LogP contribution is -2.55. The largest absolute Gasteiger partial charge is 0.394 e. The zero-order chi connectivity index (χ0) is 27.8. The van der Waals surface area contributed by atoms with E-state index >= 15 is 0 Å². The van der Waals surface area contributed by atoms with E-state index in [1.807, 2.05) is 17.3 Å². The van der Waals surface area contributed by atoms with Crippen LogP contribution < -0.4 is 10.7 Å². The van der Waals surface area contributed by atoms with Gasteiger partial charge in [0.25, 0.3) is 0 Å². The van der Waals surface area contributed by atoms with E-state index in [9.17, 15) is 23.8 Å². The number of benzene rings is 1. The Morgan fingerprint density at radius 1 is 1.25 bits per heavy atom. The number of nitrogens with zero attached hydrogens (tertiary/aromatic N) is 4. The summed E-state index contributed by atoms with van der Waals surface area (Å²) in [6.07, 6.45) is 8.81. The average Bonchev–Trinajstić information content (AvgIpc) is 3.62. The van der Waals surface area contributed by atoms with Crippen molar-refractivity contribution in [2.45, 2.75) is 74.6 Å². The molecule has 212 valence electrons. The van der Waals surface area contributed by atoms with Crippen LogP contribution in [0.4, 0.5) is 8.78 Å². The summed E-state index contributed by atoms with van der Waals surface area (Å²) in [6, 6.07) is 5.04. The fourth-order valence-electron chi connectivity index (χ4n) is 6.01. The molecule has 1 saturated heterocycles. The van der Waals surface area contributed by atoms with Crippen LogP contribution in [-0.2, 0) is 9.53 Å². The van der Waals surface area contributed by atoms with Crippen molar-refractivity contribution in [1.29, 1.82) is 0 Å². The molecule has 1 saturated carbocycles. The van der Waals surface area contributed by atoms with Gasteiger partial charge in [-0.25, -0.2) is 18.9 Å². The molecule has 1 amide bonds. The van der Waals surface area contributed by atoms with Crippen LogP contribution in [0.2, 0.25) is 0 Å². The molecule has 0 bridgehead atoms. The van der Waals surface area contributed by atoms with Gasteiger partial charge in [-0.3, -0.25) is 4.79 Å². The van der Waals surface area contributed by atoms with Crippen molar-refractivity contribution in [2.24, 2.45) is 0 Å². The summed E-state index contributed by atoms with van der Waals surface area (Å²) in [5.41, 5.74) is 4.89. The third-order valence-corrected chi connectivity index (χ3v) is 8.12. The Hall–Kier alpha value is -3.45.